The van der Waals surface area contributed by atoms with Gasteiger partial charge in [0.1, 0.15) is 10.6 Å². The van der Waals surface area contributed by atoms with Crippen molar-refractivity contribution in [1.29, 1.82) is 0 Å². The van der Waals surface area contributed by atoms with Crippen molar-refractivity contribution < 1.29 is 9.59 Å². The summed E-state index contributed by atoms with van der Waals surface area (Å²) in [6, 6.07) is 23.1. The fourth-order valence-electron chi connectivity index (χ4n) is 3.35. The van der Waals surface area contributed by atoms with Crippen molar-refractivity contribution in [2.24, 2.45) is 0 Å². The zero-order chi connectivity index (χ0) is 21.3. The maximum atomic E-state index is 13.5. The molecule has 1 aliphatic heterocycles. The van der Waals surface area contributed by atoms with Crippen LogP contribution in [0.4, 0.5) is 11.4 Å². The van der Waals surface area contributed by atoms with Gasteiger partial charge in [-0.15, -0.1) is 0 Å². The highest BCUT2D eigenvalue weighted by molar-refractivity contribution is 8.04. The molecule has 0 unspecified atom stereocenters. The Kier molecular flexibility index (Phi) is 5.46. The summed E-state index contributed by atoms with van der Waals surface area (Å²) in [7, 11) is 0. The monoisotopic (exact) mass is 414 g/mol. The highest BCUT2D eigenvalue weighted by Gasteiger charge is 2.40. The Morgan fingerprint density at radius 1 is 0.767 bits per heavy atom. The number of thioether (sulfide) groups is 1. The standard InChI is InChI=1S/C25H22N2O2S/c1-16-13-14-18(3)21(15-16)27-24(28)22(26-20-12-8-7-9-17(20)2)23(25(27)29)30-19-10-5-4-6-11-19/h4-15,26H,1-3H3. The molecule has 0 aliphatic carbocycles. The molecule has 3 aromatic rings. The van der Waals surface area contributed by atoms with E-state index in [1.165, 1.54) is 16.7 Å². The van der Waals surface area contributed by atoms with Crippen LogP contribution in [-0.2, 0) is 9.59 Å². The van der Waals surface area contributed by atoms with Crippen LogP contribution in [0.1, 0.15) is 16.7 Å². The molecule has 0 aromatic heterocycles. The van der Waals surface area contributed by atoms with Crippen LogP contribution in [0.5, 0.6) is 0 Å². The predicted molar refractivity (Wildman–Crippen MR) is 123 cm³/mol. The summed E-state index contributed by atoms with van der Waals surface area (Å²) in [5.41, 5.74) is 4.61. The Hall–Kier alpha value is -3.31. The first-order chi connectivity index (χ1) is 14.5. The van der Waals surface area contributed by atoms with Crippen LogP contribution in [0.15, 0.2) is 88.3 Å². The van der Waals surface area contributed by atoms with E-state index in [4.69, 9.17) is 0 Å². The number of imide groups is 1. The molecule has 30 heavy (non-hydrogen) atoms. The first kappa shape index (κ1) is 20.0. The molecule has 4 rings (SSSR count). The Balaban J connectivity index is 1.79. The minimum atomic E-state index is -0.338. The quantitative estimate of drug-likeness (QED) is 0.552. The van der Waals surface area contributed by atoms with Gasteiger partial charge in [0.25, 0.3) is 11.8 Å². The van der Waals surface area contributed by atoms with Crippen LogP contribution < -0.4 is 10.2 Å². The average Bonchev–Trinajstić information content (AvgIpc) is 2.96. The summed E-state index contributed by atoms with van der Waals surface area (Å²) in [5.74, 6) is -0.644. The van der Waals surface area contributed by atoms with Gasteiger partial charge in [-0.1, -0.05) is 60.3 Å². The van der Waals surface area contributed by atoms with E-state index in [-0.39, 0.29) is 11.8 Å². The zero-order valence-electron chi connectivity index (χ0n) is 17.1. The fourth-order valence-corrected chi connectivity index (χ4v) is 4.30. The SMILES string of the molecule is Cc1ccc(C)c(N2C(=O)C(Nc3ccccc3C)=C(Sc3ccccc3)C2=O)c1. The number of anilines is 2. The number of amides is 2. The number of carbonyl (C=O) groups excluding carboxylic acids is 2. The van der Waals surface area contributed by atoms with Gasteiger partial charge in [0.05, 0.1) is 5.69 Å². The molecular weight excluding hydrogens is 392 g/mol. The molecule has 0 atom stereocenters. The molecule has 0 fully saturated rings. The normalized spacial score (nSPS) is 13.9. The summed E-state index contributed by atoms with van der Waals surface area (Å²) in [5, 5.41) is 3.24. The van der Waals surface area contributed by atoms with Gasteiger partial charge in [0, 0.05) is 10.6 Å². The topological polar surface area (TPSA) is 49.4 Å². The van der Waals surface area contributed by atoms with Crippen molar-refractivity contribution in [1.82, 2.24) is 0 Å². The van der Waals surface area contributed by atoms with E-state index in [0.29, 0.717) is 16.3 Å². The molecule has 0 spiro atoms. The Labute approximate surface area is 180 Å². The number of hydrogen-bond acceptors (Lipinski definition) is 4. The van der Waals surface area contributed by atoms with Crippen LogP contribution in [0, 0.1) is 20.8 Å². The van der Waals surface area contributed by atoms with E-state index in [0.717, 1.165) is 27.3 Å². The smallest absolute Gasteiger partial charge is 0.283 e. The van der Waals surface area contributed by atoms with Crippen LogP contribution in [0.2, 0.25) is 0 Å². The number of benzene rings is 3. The molecule has 0 saturated carbocycles. The molecule has 0 radical (unpaired) electrons. The fraction of sp³-hybridized carbons (Fsp3) is 0.120. The second-order valence-corrected chi connectivity index (χ2v) is 8.38. The van der Waals surface area contributed by atoms with E-state index < -0.39 is 0 Å². The first-order valence-electron chi connectivity index (χ1n) is 9.71. The van der Waals surface area contributed by atoms with E-state index in [1.54, 1.807) is 0 Å². The van der Waals surface area contributed by atoms with Gasteiger partial charge in [-0.05, 0) is 61.7 Å². The molecule has 2 amide bonds. The Bertz CT molecular complexity index is 1170. The molecule has 1 N–H and O–H groups in total. The molecule has 150 valence electrons. The van der Waals surface area contributed by atoms with E-state index in [2.05, 4.69) is 5.32 Å². The molecule has 1 heterocycles. The third-order valence-corrected chi connectivity index (χ3v) is 6.11. The first-order valence-corrected chi connectivity index (χ1v) is 10.5. The third kappa shape index (κ3) is 3.76. The zero-order valence-corrected chi connectivity index (χ0v) is 17.9. The predicted octanol–water partition coefficient (Wildman–Crippen LogP) is 5.60. The molecule has 1 aliphatic rings. The van der Waals surface area contributed by atoms with E-state index in [9.17, 15) is 9.59 Å². The number of hydrogen-bond donors (Lipinski definition) is 1. The van der Waals surface area contributed by atoms with Gasteiger partial charge in [-0.3, -0.25) is 9.59 Å². The second kappa shape index (κ2) is 8.20. The largest absolute Gasteiger partial charge is 0.350 e. The van der Waals surface area contributed by atoms with Crippen molar-refractivity contribution in [2.75, 3.05) is 10.2 Å². The lowest BCUT2D eigenvalue weighted by molar-refractivity contribution is -0.120. The maximum Gasteiger partial charge on any atom is 0.283 e. The minimum absolute atomic E-state index is 0.307. The van der Waals surface area contributed by atoms with Crippen LogP contribution in [0.3, 0.4) is 0 Å². The molecule has 3 aromatic carbocycles. The highest BCUT2D eigenvalue weighted by Crippen LogP contribution is 2.39. The maximum absolute atomic E-state index is 13.5. The van der Waals surface area contributed by atoms with Crippen molar-refractivity contribution in [3.63, 3.8) is 0 Å². The van der Waals surface area contributed by atoms with Crippen LogP contribution in [-0.4, -0.2) is 11.8 Å². The molecule has 4 nitrogen and oxygen atoms in total. The van der Waals surface area contributed by atoms with Crippen molar-refractivity contribution in [2.45, 2.75) is 25.7 Å². The van der Waals surface area contributed by atoms with Crippen molar-refractivity contribution in [3.8, 4) is 0 Å². The number of nitrogens with zero attached hydrogens (tertiary/aromatic N) is 1. The van der Waals surface area contributed by atoms with Crippen LogP contribution >= 0.6 is 11.8 Å². The van der Waals surface area contributed by atoms with E-state index in [1.807, 2.05) is 93.6 Å². The average molecular weight is 415 g/mol. The molecular formula is C25H22N2O2S. The molecule has 0 bridgehead atoms. The summed E-state index contributed by atoms with van der Waals surface area (Å²) in [6.07, 6.45) is 0. The van der Waals surface area contributed by atoms with Gasteiger partial charge in [0.2, 0.25) is 0 Å². The van der Waals surface area contributed by atoms with Crippen molar-refractivity contribution in [3.05, 3.63) is 100 Å². The summed E-state index contributed by atoms with van der Waals surface area (Å²) in [4.78, 5) is 29.5. The summed E-state index contributed by atoms with van der Waals surface area (Å²) < 4.78 is 0. The van der Waals surface area contributed by atoms with E-state index >= 15 is 0 Å². The number of carbonyl (C=O) groups is 2. The Morgan fingerprint density at radius 2 is 1.47 bits per heavy atom. The Morgan fingerprint density at radius 3 is 2.20 bits per heavy atom. The van der Waals surface area contributed by atoms with Gasteiger partial charge in [-0.2, -0.15) is 0 Å². The summed E-state index contributed by atoms with van der Waals surface area (Å²) >= 11 is 1.31. The molecule has 5 heteroatoms. The number of para-hydroxylation sites is 1. The van der Waals surface area contributed by atoms with Crippen molar-refractivity contribution >= 4 is 35.0 Å². The molecule has 0 saturated heterocycles. The second-order valence-electron chi connectivity index (χ2n) is 7.29. The highest BCUT2D eigenvalue weighted by atomic mass is 32.2. The lowest BCUT2D eigenvalue weighted by atomic mass is 10.1. The summed E-state index contributed by atoms with van der Waals surface area (Å²) in [6.45, 7) is 5.83. The number of nitrogens with one attached hydrogen (secondary N) is 1. The van der Waals surface area contributed by atoms with Gasteiger partial charge in [-0.25, -0.2) is 4.90 Å². The van der Waals surface area contributed by atoms with Crippen LogP contribution in [0.25, 0.3) is 0 Å². The number of rotatable bonds is 5. The minimum Gasteiger partial charge on any atom is -0.350 e. The lowest BCUT2D eigenvalue weighted by Crippen LogP contribution is -2.33. The lowest BCUT2D eigenvalue weighted by Gasteiger charge is -2.18. The third-order valence-electron chi connectivity index (χ3n) is 5.01. The van der Waals surface area contributed by atoms with Gasteiger partial charge in [0.15, 0.2) is 0 Å². The van der Waals surface area contributed by atoms with Gasteiger partial charge < -0.3 is 5.32 Å². The number of aryl methyl sites for hydroxylation is 3. The van der Waals surface area contributed by atoms with Gasteiger partial charge >= 0.3 is 0 Å².